The van der Waals surface area contributed by atoms with Gasteiger partial charge >= 0.3 is 12.0 Å². The van der Waals surface area contributed by atoms with Crippen molar-refractivity contribution >= 4 is 40.1 Å². The third-order valence-corrected chi connectivity index (χ3v) is 6.18. The van der Waals surface area contributed by atoms with E-state index in [4.69, 9.17) is 0 Å². The van der Waals surface area contributed by atoms with E-state index in [9.17, 15) is 19.5 Å². The number of nitrogens with one attached hydrogen (secondary N) is 3. The topological polar surface area (TPSA) is 108 Å². The number of carboxylic acid groups (broad SMARTS) is 1. The summed E-state index contributed by atoms with van der Waals surface area (Å²) in [6, 6.07) is 22.7. The lowest BCUT2D eigenvalue weighted by molar-refractivity contribution is -0.137. The number of carboxylic acids is 1. The van der Waals surface area contributed by atoms with Gasteiger partial charge in [0.05, 0.1) is 23.7 Å². The summed E-state index contributed by atoms with van der Waals surface area (Å²) in [7, 11) is 0. The van der Waals surface area contributed by atoms with Crippen LogP contribution in [-0.4, -0.2) is 23.0 Å². The SMILES string of the molecule is Cc1cc(C)c(NC(=O)Nc2cc3ccccc3cc2C(=O)N[C@H](CC(=O)O)c2ccccc2)c(C)c1. The molecule has 0 bridgehead atoms. The van der Waals surface area contributed by atoms with E-state index < -0.39 is 23.9 Å². The third-order valence-electron chi connectivity index (χ3n) is 6.18. The summed E-state index contributed by atoms with van der Waals surface area (Å²) in [5.41, 5.74) is 4.91. The first-order valence-electron chi connectivity index (χ1n) is 12.0. The number of urea groups is 1. The second kappa shape index (κ2) is 11.0. The van der Waals surface area contributed by atoms with Gasteiger partial charge in [-0.05, 0) is 60.4 Å². The lowest BCUT2D eigenvalue weighted by atomic mass is 10.0. The fraction of sp³-hybridized carbons (Fsp3) is 0.167. The summed E-state index contributed by atoms with van der Waals surface area (Å²) in [5.74, 6) is -1.52. The average Bonchev–Trinajstić information content (AvgIpc) is 2.85. The van der Waals surface area contributed by atoms with Gasteiger partial charge in [-0.15, -0.1) is 0 Å². The largest absolute Gasteiger partial charge is 0.481 e. The number of hydrogen-bond donors (Lipinski definition) is 4. The van der Waals surface area contributed by atoms with Gasteiger partial charge in [0.2, 0.25) is 0 Å². The minimum Gasteiger partial charge on any atom is -0.481 e. The Hall–Kier alpha value is -4.65. The molecule has 4 rings (SSSR count). The molecular formula is C30H29N3O4. The molecule has 0 saturated heterocycles. The van der Waals surface area contributed by atoms with E-state index in [0.717, 1.165) is 27.5 Å². The predicted octanol–water partition coefficient (Wildman–Crippen LogP) is 6.35. The van der Waals surface area contributed by atoms with Crippen molar-refractivity contribution < 1.29 is 19.5 Å². The van der Waals surface area contributed by atoms with E-state index in [1.54, 1.807) is 36.4 Å². The van der Waals surface area contributed by atoms with Crippen molar-refractivity contribution in [1.29, 1.82) is 0 Å². The van der Waals surface area contributed by atoms with E-state index >= 15 is 0 Å². The van der Waals surface area contributed by atoms with Crippen molar-refractivity contribution in [2.45, 2.75) is 33.2 Å². The molecule has 0 radical (unpaired) electrons. The van der Waals surface area contributed by atoms with Gasteiger partial charge < -0.3 is 21.1 Å². The number of aryl methyl sites for hydroxylation is 3. The quantitative estimate of drug-likeness (QED) is 0.239. The van der Waals surface area contributed by atoms with Crippen LogP contribution in [0.3, 0.4) is 0 Å². The molecule has 7 heteroatoms. The van der Waals surface area contributed by atoms with E-state index in [1.165, 1.54) is 0 Å². The maximum Gasteiger partial charge on any atom is 0.323 e. The molecule has 0 fully saturated rings. The van der Waals surface area contributed by atoms with Gasteiger partial charge in [0.15, 0.2) is 0 Å². The normalized spacial score (nSPS) is 11.5. The summed E-state index contributed by atoms with van der Waals surface area (Å²) in [6.45, 7) is 5.85. The number of rotatable bonds is 7. The molecule has 4 aromatic rings. The second-order valence-electron chi connectivity index (χ2n) is 9.13. The maximum atomic E-state index is 13.5. The van der Waals surface area contributed by atoms with Crippen molar-refractivity contribution in [3.05, 3.63) is 107 Å². The molecule has 188 valence electrons. The van der Waals surface area contributed by atoms with Gasteiger partial charge in [0.1, 0.15) is 0 Å². The molecule has 0 aliphatic heterocycles. The number of fused-ring (bicyclic) bond motifs is 1. The van der Waals surface area contributed by atoms with Crippen molar-refractivity contribution in [3.63, 3.8) is 0 Å². The van der Waals surface area contributed by atoms with Gasteiger partial charge in [-0.1, -0.05) is 72.3 Å². The molecule has 0 saturated carbocycles. The smallest absolute Gasteiger partial charge is 0.323 e. The monoisotopic (exact) mass is 495 g/mol. The molecular weight excluding hydrogens is 466 g/mol. The highest BCUT2D eigenvalue weighted by molar-refractivity contribution is 6.10. The van der Waals surface area contributed by atoms with Crippen LogP contribution in [0, 0.1) is 20.8 Å². The Labute approximate surface area is 215 Å². The minimum absolute atomic E-state index is 0.234. The molecule has 0 spiro atoms. The Kier molecular flexibility index (Phi) is 7.53. The van der Waals surface area contributed by atoms with Gasteiger partial charge in [0, 0.05) is 5.69 Å². The number of carbonyl (C=O) groups excluding carboxylic acids is 2. The van der Waals surface area contributed by atoms with Crippen LogP contribution in [0.25, 0.3) is 10.8 Å². The summed E-state index contributed by atoms with van der Waals surface area (Å²) >= 11 is 0. The van der Waals surface area contributed by atoms with Crippen LogP contribution < -0.4 is 16.0 Å². The standard InChI is InChI=1S/C30H29N3O4/c1-18-13-19(2)28(20(3)14-18)33-30(37)32-26-16-23-12-8-7-11-22(23)15-24(26)29(36)31-25(17-27(34)35)21-9-5-4-6-10-21/h4-16,25H,17H2,1-3H3,(H,31,36)(H,34,35)(H2,32,33,37)/t25-/m1/s1. The maximum absolute atomic E-state index is 13.5. The molecule has 0 aliphatic rings. The van der Waals surface area contributed by atoms with Crippen molar-refractivity contribution in [3.8, 4) is 0 Å². The third kappa shape index (κ3) is 6.13. The van der Waals surface area contributed by atoms with E-state index in [0.29, 0.717) is 16.9 Å². The summed E-state index contributed by atoms with van der Waals surface area (Å²) in [4.78, 5) is 38.0. The molecule has 4 aromatic carbocycles. The number of amides is 3. The molecule has 37 heavy (non-hydrogen) atoms. The van der Waals surface area contributed by atoms with E-state index in [2.05, 4.69) is 16.0 Å². The van der Waals surface area contributed by atoms with Crippen LogP contribution in [0.4, 0.5) is 16.2 Å². The van der Waals surface area contributed by atoms with Gasteiger partial charge in [-0.25, -0.2) is 4.79 Å². The molecule has 0 aliphatic carbocycles. The molecule has 1 atom stereocenters. The van der Waals surface area contributed by atoms with E-state index in [1.807, 2.05) is 63.2 Å². The fourth-order valence-corrected chi connectivity index (χ4v) is 4.52. The molecule has 3 amide bonds. The summed E-state index contributed by atoms with van der Waals surface area (Å²) in [5, 5.41) is 19.7. The first-order valence-corrected chi connectivity index (χ1v) is 12.0. The first kappa shape index (κ1) is 25.4. The van der Waals surface area contributed by atoms with Crippen LogP contribution in [0.1, 0.15) is 45.1 Å². The zero-order valence-corrected chi connectivity index (χ0v) is 21.0. The van der Waals surface area contributed by atoms with Gasteiger partial charge in [-0.3, -0.25) is 9.59 Å². The highest BCUT2D eigenvalue weighted by atomic mass is 16.4. The van der Waals surface area contributed by atoms with Crippen molar-refractivity contribution in [1.82, 2.24) is 5.32 Å². The van der Waals surface area contributed by atoms with Crippen molar-refractivity contribution in [2.75, 3.05) is 10.6 Å². The number of hydrogen-bond acceptors (Lipinski definition) is 3. The first-order chi connectivity index (χ1) is 17.7. The van der Waals surface area contributed by atoms with Gasteiger partial charge in [0.25, 0.3) is 5.91 Å². The molecule has 4 N–H and O–H groups in total. The number of benzene rings is 4. The zero-order chi connectivity index (χ0) is 26.5. The van der Waals surface area contributed by atoms with E-state index in [-0.39, 0.29) is 12.0 Å². The van der Waals surface area contributed by atoms with Crippen LogP contribution in [0.5, 0.6) is 0 Å². The molecule has 0 aromatic heterocycles. The minimum atomic E-state index is -1.03. The average molecular weight is 496 g/mol. The Balaban J connectivity index is 1.66. The lowest BCUT2D eigenvalue weighted by Crippen LogP contribution is -2.31. The van der Waals surface area contributed by atoms with Crippen LogP contribution >= 0.6 is 0 Å². The van der Waals surface area contributed by atoms with Crippen molar-refractivity contribution in [2.24, 2.45) is 0 Å². The number of carbonyl (C=O) groups is 3. The predicted molar refractivity (Wildman–Crippen MR) is 146 cm³/mol. The number of aliphatic carboxylic acids is 1. The summed E-state index contributed by atoms with van der Waals surface area (Å²) in [6.07, 6.45) is -0.279. The molecule has 7 nitrogen and oxygen atoms in total. The summed E-state index contributed by atoms with van der Waals surface area (Å²) < 4.78 is 0. The number of anilines is 2. The van der Waals surface area contributed by atoms with Crippen LogP contribution in [-0.2, 0) is 4.79 Å². The molecule has 0 unspecified atom stereocenters. The van der Waals surface area contributed by atoms with Crippen LogP contribution in [0.15, 0.2) is 78.9 Å². The molecule has 0 heterocycles. The highest BCUT2D eigenvalue weighted by Gasteiger charge is 2.22. The Bertz CT molecular complexity index is 1460. The highest BCUT2D eigenvalue weighted by Crippen LogP contribution is 2.27. The Morgan fingerprint density at radius 1 is 0.784 bits per heavy atom. The Morgan fingerprint density at radius 2 is 1.38 bits per heavy atom. The zero-order valence-electron chi connectivity index (χ0n) is 21.0. The lowest BCUT2D eigenvalue weighted by Gasteiger charge is -2.20. The van der Waals surface area contributed by atoms with Crippen LogP contribution in [0.2, 0.25) is 0 Å². The fourth-order valence-electron chi connectivity index (χ4n) is 4.52. The second-order valence-corrected chi connectivity index (χ2v) is 9.13. The van der Waals surface area contributed by atoms with Gasteiger partial charge in [-0.2, -0.15) is 0 Å². The Morgan fingerprint density at radius 3 is 2.00 bits per heavy atom.